The predicted molar refractivity (Wildman–Crippen MR) is 157 cm³/mol. The van der Waals surface area contributed by atoms with Crippen LogP contribution in [0.1, 0.15) is 0 Å². The van der Waals surface area contributed by atoms with Crippen molar-refractivity contribution in [3.05, 3.63) is 120 Å². The fraction of sp³-hybridized carbons (Fsp3) is 0.0345. The Labute approximate surface area is 222 Å². The van der Waals surface area contributed by atoms with Crippen molar-refractivity contribution in [2.24, 2.45) is 27.2 Å². The van der Waals surface area contributed by atoms with E-state index in [9.17, 15) is 0 Å². The molecular weight excluding hydrogens is 496 g/mol. The molecule has 0 saturated carbocycles. The van der Waals surface area contributed by atoms with E-state index < -0.39 is 0 Å². The van der Waals surface area contributed by atoms with Gasteiger partial charge in [-0.1, -0.05) is 78.1 Å². The Hall–Kier alpha value is -4.27. The molecule has 0 bridgehead atoms. The molecule has 1 saturated heterocycles. The normalized spacial score (nSPS) is 17.5. The van der Waals surface area contributed by atoms with E-state index in [1.165, 1.54) is 16.5 Å². The highest BCUT2D eigenvalue weighted by Gasteiger charge is 2.35. The summed E-state index contributed by atoms with van der Waals surface area (Å²) >= 11 is 3.08. The van der Waals surface area contributed by atoms with Crippen LogP contribution in [-0.2, 0) is 7.05 Å². The number of para-hydroxylation sites is 4. The molecule has 0 aliphatic carbocycles. The van der Waals surface area contributed by atoms with Crippen LogP contribution in [0.2, 0.25) is 0 Å². The highest BCUT2D eigenvalue weighted by atomic mass is 32.2. The van der Waals surface area contributed by atoms with Crippen molar-refractivity contribution in [2.45, 2.75) is 0 Å². The highest BCUT2D eigenvalue weighted by molar-refractivity contribution is 8.29. The zero-order valence-corrected chi connectivity index (χ0v) is 21.6. The summed E-state index contributed by atoms with van der Waals surface area (Å²) in [6, 6.07) is 38.2. The average Bonchev–Trinajstić information content (AvgIpc) is 3.45. The summed E-state index contributed by atoms with van der Waals surface area (Å²) in [6.07, 6.45) is 0. The van der Waals surface area contributed by atoms with Crippen LogP contribution in [0.4, 0.5) is 17.1 Å². The number of aromatic nitrogens is 1. The molecule has 1 fully saturated rings. The fourth-order valence-corrected chi connectivity index (χ4v) is 5.80. The van der Waals surface area contributed by atoms with Crippen molar-refractivity contribution < 1.29 is 0 Å². The number of rotatable bonds is 4. The molecule has 0 N–H and O–H groups in total. The Balaban J connectivity index is 1.53. The molecule has 37 heavy (non-hydrogen) atoms. The lowest BCUT2D eigenvalue weighted by molar-refractivity contribution is 0.888. The third-order valence-corrected chi connectivity index (χ3v) is 7.73. The van der Waals surface area contributed by atoms with Crippen molar-refractivity contribution in [1.82, 2.24) is 4.57 Å². The number of thiazole rings is 1. The maximum atomic E-state index is 5.02. The average molecular weight is 519 g/mol. The molecule has 6 rings (SSSR count). The molecule has 8 heteroatoms. The Bertz CT molecular complexity index is 1700. The maximum absolute atomic E-state index is 5.02. The minimum atomic E-state index is 0.688. The molecule has 4 aromatic carbocycles. The first-order valence-electron chi connectivity index (χ1n) is 11.7. The summed E-state index contributed by atoms with van der Waals surface area (Å²) in [7, 11) is 2.01. The van der Waals surface area contributed by atoms with Crippen molar-refractivity contribution in [3.63, 3.8) is 0 Å². The number of aliphatic imine (C=N–C) groups is 2. The van der Waals surface area contributed by atoms with Gasteiger partial charge in [-0.05, 0) is 60.3 Å². The minimum absolute atomic E-state index is 0.688. The summed E-state index contributed by atoms with van der Waals surface area (Å²) in [5.41, 5.74) is 3.77. The van der Waals surface area contributed by atoms with Gasteiger partial charge >= 0.3 is 0 Å². The number of nitrogens with zero attached hydrogens (tertiary/aromatic N) is 6. The molecular formula is C29H22N6S2. The number of hydrogen-bond donors (Lipinski definition) is 0. The lowest BCUT2D eigenvalue weighted by Crippen LogP contribution is -2.30. The zero-order valence-electron chi connectivity index (χ0n) is 20.0. The molecule has 1 aliphatic heterocycles. The van der Waals surface area contributed by atoms with Crippen molar-refractivity contribution in [3.8, 4) is 0 Å². The van der Waals surface area contributed by atoms with Crippen molar-refractivity contribution in [1.29, 1.82) is 0 Å². The monoisotopic (exact) mass is 518 g/mol. The second-order valence-electron chi connectivity index (χ2n) is 8.19. The summed E-state index contributed by atoms with van der Waals surface area (Å²) in [5, 5.41) is 10.9. The van der Waals surface area contributed by atoms with Crippen LogP contribution < -0.4 is 9.70 Å². The van der Waals surface area contributed by atoms with Gasteiger partial charge < -0.3 is 4.57 Å². The summed E-state index contributed by atoms with van der Waals surface area (Å²) < 4.78 is 3.23. The fourth-order valence-electron chi connectivity index (χ4n) is 3.92. The van der Waals surface area contributed by atoms with E-state index >= 15 is 0 Å². The van der Waals surface area contributed by atoms with Gasteiger partial charge in [0.05, 0.1) is 21.6 Å². The number of thioether (sulfide) groups is 1. The Morgan fingerprint density at radius 1 is 0.622 bits per heavy atom. The molecule has 2 heterocycles. The molecule has 1 aromatic heterocycles. The second kappa shape index (κ2) is 10.4. The lowest BCUT2D eigenvalue weighted by atomic mass is 10.3. The Morgan fingerprint density at radius 3 is 1.89 bits per heavy atom. The van der Waals surface area contributed by atoms with Gasteiger partial charge in [-0.3, -0.25) is 4.90 Å². The first-order chi connectivity index (χ1) is 18.3. The summed E-state index contributed by atoms with van der Waals surface area (Å²) in [5.74, 6) is 0.709. The number of aryl methyl sites for hydroxylation is 1. The Kier molecular flexibility index (Phi) is 6.49. The number of benzene rings is 4. The van der Waals surface area contributed by atoms with E-state index in [0.29, 0.717) is 11.0 Å². The number of hydrogen-bond acceptors (Lipinski definition) is 6. The second-order valence-corrected chi connectivity index (χ2v) is 10.2. The van der Waals surface area contributed by atoms with E-state index in [2.05, 4.69) is 21.8 Å². The predicted octanol–water partition coefficient (Wildman–Crippen LogP) is 7.13. The largest absolute Gasteiger partial charge is 0.318 e. The van der Waals surface area contributed by atoms with Crippen LogP contribution in [0.3, 0.4) is 0 Å². The van der Waals surface area contributed by atoms with E-state index in [4.69, 9.17) is 15.1 Å². The maximum Gasteiger partial charge on any atom is 0.211 e. The van der Waals surface area contributed by atoms with Gasteiger partial charge in [0.25, 0.3) is 0 Å². The van der Waals surface area contributed by atoms with E-state index in [1.54, 1.807) is 11.3 Å². The third kappa shape index (κ3) is 4.89. The summed E-state index contributed by atoms with van der Waals surface area (Å²) in [6.45, 7) is 0. The SMILES string of the molecule is Cn1c(=N/N=C2/SC(=Nc3ccccc3)C(=Nc3ccccc3)N2c2ccccc2)sc2ccccc21. The van der Waals surface area contributed by atoms with Gasteiger partial charge in [0.15, 0.2) is 5.84 Å². The molecule has 0 unspecified atom stereocenters. The van der Waals surface area contributed by atoms with Crippen LogP contribution in [0.15, 0.2) is 135 Å². The van der Waals surface area contributed by atoms with Crippen LogP contribution in [0.5, 0.6) is 0 Å². The number of anilines is 1. The van der Waals surface area contributed by atoms with Gasteiger partial charge in [0.1, 0.15) is 5.04 Å². The number of fused-ring (bicyclic) bond motifs is 1. The standard InChI is InChI=1S/C29H22N6S2/c1-34-24-19-11-12-20-25(24)36-28(34)32-33-29-35(23-17-9-4-10-18-23)26(30-21-13-5-2-6-14-21)27(37-29)31-22-15-7-3-8-16-22/h2-20H,1H3/b30-26?,31-27?,32-28?,33-29+. The first-order valence-corrected chi connectivity index (χ1v) is 13.4. The molecule has 1 aliphatic rings. The quantitative estimate of drug-likeness (QED) is 0.238. The zero-order chi connectivity index (χ0) is 25.0. The topological polar surface area (TPSA) is 57.6 Å². The van der Waals surface area contributed by atoms with Crippen molar-refractivity contribution >= 4 is 66.4 Å². The van der Waals surface area contributed by atoms with Gasteiger partial charge in [-0.2, -0.15) is 0 Å². The van der Waals surface area contributed by atoms with Crippen molar-refractivity contribution in [2.75, 3.05) is 4.90 Å². The van der Waals surface area contributed by atoms with Gasteiger partial charge in [-0.15, -0.1) is 10.2 Å². The molecule has 0 spiro atoms. The smallest absolute Gasteiger partial charge is 0.211 e. The van der Waals surface area contributed by atoms with Gasteiger partial charge in [0, 0.05) is 12.7 Å². The van der Waals surface area contributed by atoms with E-state index in [0.717, 1.165) is 32.4 Å². The lowest BCUT2D eigenvalue weighted by Gasteiger charge is -2.17. The third-order valence-electron chi connectivity index (χ3n) is 5.71. The Morgan fingerprint density at radius 2 is 1.22 bits per heavy atom. The highest BCUT2D eigenvalue weighted by Crippen LogP contribution is 2.33. The van der Waals surface area contributed by atoms with Gasteiger partial charge in [0.2, 0.25) is 9.97 Å². The van der Waals surface area contributed by atoms with Crippen LogP contribution in [0, 0.1) is 0 Å². The first kappa shape index (κ1) is 23.1. The molecule has 0 radical (unpaired) electrons. The van der Waals surface area contributed by atoms with Crippen LogP contribution in [-0.4, -0.2) is 20.6 Å². The van der Waals surface area contributed by atoms with E-state index in [-0.39, 0.29) is 0 Å². The minimum Gasteiger partial charge on any atom is -0.318 e. The van der Waals surface area contributed by atoms with Crippen LogP contribution in [0.25, 0.3) is 10.2 Å². The molecule has 0 atom stereocenters. The van der Waals surface area contributed by atoms with Gasteiger partial charge in [-0.25, -0.2) is 9.98 Å². The number of amidine groups is 2. The summed E-state index contributed by atoms with van der Waals surface area (Å²) in [4.78, 5) is 12.8. The molecule has 180 valence electrons. The van der Waals surface area contributed by atoms with Crippen LogP contribution >= 0.6 is 23.1 Å². The molecule has 0 amide bonds. The molecule has 6 nitrogen and oxygen atoms in total. The van der Waals surface area contributed by atoms with E-state index in [1.807, 2.05) is 115 Å². The molecule has 5 aromatic rings.